The first-order valence-corrected chi connectivity index (χ1v) is 10.3. The highest BCUT2D eigenvalue weighted by Crippen LogP contribution is 2.33. The lowest BCUT2D eigenvalue weighted by Crippen LogP contribution is -2.34. The van der Waals surface area contributed by atoms with Crippen molar-refractivity contribution in [2.45, 2.75) is 37.7 Å². The Morgan fingerprint density at radius 2 is 1.87 bits per heavy atom. The van der Waals surface area contributed by atoms with E-state index in [1.165, 1.54) is 23.9 Å². The van der Waals surface area contributed by atoms with Gasteiger partial charge >= 0.3 is 5.97 Å². The number of nitrogens with one attached hydrogen (secondary N) is 1. The number of nitrogens with zero attached hydrogens (tertiary/aromatic N) is 2. The summed E-state index contributed by atoms with van der Waals surface area (Å²) in [6.07, 6.45) is 7.75. The van der Waals surface area contributed by atoms with Crippen molar-refractivity contribution >= 4 is 30.0 Å². The van der Waals surface area contributed by atoms with Gasteiger partial charge in [-0.15, -0.1) is 12.4 Å². The fourth-order valence-electron chi connectivity index (χ4n) is 3.39. The molecule has 2 fully saturated rings. The molecule has 2 aromatic heterocycles. The topological polar surface area (TPSA) is 93.6 Å². The number of ether oxygens (including phenoxy) is 2. The summed E-state index contributed by atoms with van der Waals surface area (Å²) >= 11 is 5.46. The zero-order chi connectivity index (χ0) is 20.5. The summed E-state index contributed by atoms with van der Waals surface area (Å²) in [5, 5.41) is 12.2. The molecule has 0 bridgehead atoms. The minimum absolute atomic E-state index is 0. The predicted octanol–water partition coefficient (Wildman–Crippen LogP) is 3.96. The molecule has 4 heterocycles. The molecule has 2 saturated heterocycles. The summed E-state index contributed by atoms with van der Waals surface area (Å²) in [7, 11) is 0. The number of aromatic nitrogens is 2. The lowest BCUT2D eigenvalue weighted by Gasteiger charge is -2.27. The first kappa shape index (κ1) is 24.3. The molecule has 164 valence electrons. The van der Waals surface area contributed by atoms with Gasteiger partial charge in [-0.3, -0.25) is 0 Å². The molecule has 0 aliphatic carbocycles. The van der Waals surface area contributed by atoms with Crippen molar-refractivity contribution < 1.29 is 19.4 Å². The van der Waals surface area contributed by atoms with Gasteiger partial charge in [0.25, 0.3) is 0 Å². The SMILES string of the molecule is Cl.O=C(O)c1ccc(Cl)cn1.c1cnc(OC2CCNCC2)c(C2CCOCC2)c1. The van der Waals surface area contributed by atoms with Crippen molar-refractivity contribution in [3.8, 4) is 5.88 Å². The van der Waals surface area contributed by atoms with Gasteiger partial charge in [-0.25, -0.2) is 14.8 Å². The van der Waals surface area contributed by atoms with Gasteiger partial charge in [0.15, 0.2) is 0 Å². The monoisotopic (exact) mass is 455 g/mol. The van der Waals surface area contributed by atoms with Gasteiger partial charge in [0.2, 0.25) is 5.88 Å². The summed E-state index contributed by atoms with van der Waals surface area (Å²) in [6, 6.07) is 7.02. The summed E-state index contributed by atoms with van der Waals surface area (Å²) in [5.41, 5.74) is 1.27. The number of piperidine rings is 1. The van der Waals surface area contributed by atoms with Gasteiger partial charge in [-0.2, -0.15) is 0 Å². The lowest BCUT2D eigenvalue weighted by atomic mass is 9.92. The van der Waals surface area contributed by atoms with Gasteiger partial charge in [-0.05, 0) is 62.9 Å². The van der Waals surface area contributed by atoms with Crippen LogP contribution in [0.1, 0.15) is 47.7 Å². The molecule has 0 saturated carbocycles. The third kappa shape index (κ3) is 7.40. The Morgan fingerprint density at radius 1 is 1.13 bits per heavy atom. The fourth-order valence-corrected chi connectivity index (χ4v) is 3.51. The van der Waals surface area contributed by atoms with Crippen LogP contribution in [0.2, 0.25) is 5.02 Å². The summed E-state index contributed by atoms with van der Waals surface area (Å²) in [5.74, 6) is 0.345. The van der Waals surface area contributed by atoms with Gasteiger partial charge in [0, 0.05) is 31.2 Å². The molecule has 0 spiro atoms. The Kier molecular flexibility index (Phi) is 10.3. The smallest absolute Gasteiger partial charge is 0.354 e. The molecule has 0 radical (unpaired) electrons. The number of hydrogen-bond donors (Lipinski definition) is 2. The van der Waals surface area contributed by atoms with Crippen LogP contribution in [0.25, 0.3) is 0 Å². The van der Waals surface area contributed by atoms with Crippen molar-refractivity contribution in [2.24, 2.45) is 0 Å². The third-order valence-corrected chi connectivity index (χ3v) is 5.20. The Balaban J connectivity index is 0.000000249. The van der Waals surface area contributed by atoms with Crippen LogP contribution in [0.5, 0.6) is 5.88 Å². The maximum absolute atomic E-state index is 10.2. The Bertz CT molecular complexity index is 780. The van der Waals surface area contributed by atoms with Crippen LogP contribution in [-0.2, 0) is 4.74 Å². The maximum atomic E-state index is 10.2. The van der Waals surface area contributed by atoms with E-state index in [-0.39, 0.29) is 18.1 Å². The largest absolute Gasteiger partial charge is 0.477 e. The Hall–Kier alpha value is -1.93. The second-order valence-electron chi connectivity index (χ2n) is 7.02. The highest BCUT2D eigenvalue weighted by atomic mass is 35.5. The molecular formula is C21H27Cl2N3O4. The molecule has 7 nitrogen and oxygen atoms in total. The molecule has 30 heavy (non-hydrogen) atoms. The molecule has 2 N–H and O–H groups in total. The maximum Gasteiger partial charge on any atom is 0.354 e. The van der Waals surface area contributed by atoms with Gasteiger partial charge < -0.3 is 19.9 Å². The van der Waals surface area contributed by atoms with E-state index in [0.29, 0.717) is 17.0 Å². The van der Waals surface area contributed by atoms with Crippen LogP contribution in [-0.4, -0.2) is 53.5 Å². The Labute approximate surface area is 187 Å². The van der Waals surface area contributed by atoms with Crippen LogP contribution in [0.3, 0.4) is 0 Å². The van der Waals surface area contributed by atoms with Crippen molar-refractivity contribution in [3.05, 3.63) is 52.9 Å². The first-order valence-electron chi connectivity index (χ1n) is 9.88. The van der Waals surface area contributed by atoms with E-state index in [9.17, 15) is 4.79 Å². The minimum Gasteiger partial charge on any atom is -0.477 e. The van der Waals surface area contributed by atoms with Gasteiger partial charge in [0.1, 0.15) is 11.8 Å². The van der Waals surface area contributed by atoms with E-state index in [4.69, 9.17) is 26.2 Å². The van der Waals surface area contributed by atoms with Crippen molar-refractivity contribution in [1.29, 1.82) is 0 Å². The molecule has 0 atom stereocenters. The van der Waals surface area contributed by atoms with Crippen LogP contribution >= 0.6 is 24.0 Å². The van der Waals surface area contributed by atoms with E-state index in [1.54, 1.807) is 0 Å². The molecular weight excluding hydrogens is 429 g/mol. The third-order valence-electron chi connectivity index (χ3n) is 4.97. The summed E-state index contributed by atoms with van der Waals surface area (Å²) < 4.78 is 11.6. The van der Waals surface area contributed by atoms with E-state index < -0.39 is 5.97 Å². The molecule has 4 rings (SSSR count). The molecule has 2 aromatic rings. The number of pyridine rings is 2. The second kappa shape index (κ2) is 12.7. The van der Waals surface area contributed by atoms with Crippen LogP contribution < -0.4 is 10.1 Å². The molecule has 9 heteroatoms. The number of aromatic carboxylic acids is 1. The Morgan fingerprint density at radius 3 is 2.50 bits per heavy atom. The zero-order valence-electron chi connectivity index (χ0n) is 16.6. The van der Waals surface area contributed by atoms with E-state index >= 15 is 0 Å². The number of hydrogen-bond acceptors (Lipinski definition) is 6. The van der Waals surface area contributed by atoms with Gasteiger partial charge in [-0.1, -0.05) is 17.7 Å². The van der Waals surface area contributed by atoms with Crippen molar-refractivity contribution in [1.82, 2.24) is 15.3 Å². The predicted molar refractivity (Wildman–Crippen MR) is 117 cm³/mol. The van der Waals surface area contributed by atoms with Crippen LogP contribution in [0.15, 0.2) is 36.7 Å². The van der Waals surface area contributed by atoms with E-state index in [2.05, 4.69) is 21.4 Å². The second-order valence-corrected chi connectivity index (χ2v) is 7.45. The number of carboxylic acids is 1. The lowest BCUT2D eigenvalue weighted by molar-refractivity contribution is 0.0690. The quantitative estimate of drug-likeness (QED) is 0.719. The molecule has 0 amide bonds. The number of rotatable bonds is 4. The van der Waals surface area contributed by atoms with Crippen molar-refractivity contribution in [3.63, 3.8) is 0 Å². The summed E-state index contributed by atoms with van der Waals surface area (Å²) in [4.78, 5) is 18.2. The van der Waals surface area contributed by atoms with Crippen molar-refractivity contribution in [2.75, 3.05) is 26.3 Å². The fraction of sp³-hybridized carbons (Fsp3) is 0.476. The molecule has 0 aromatic carbocycles. The normalized spacial score (nSPS) is 17.2. The standard InChI is InChI=1S/C15H22N2O2.C6H4ClNO2.ClH/c1-2-14(12-5-10-18-11-6-12)15(17-7-1)19-13-3-8-16-9-4-13;7-4-1-2-5(6(9)10)8-3-4;/h1-2,7,12-13,16H,3-6,8-11H2;1-3H,(H,9,10);1H. The minimum atomic E-state index is -1.04. The van der Waals surface area contributed by atoms with Crippen LogP contribution in [0.4, 0.5) is 0 Å². The highest BCUT2D eigenvalue weighted by Gasteiger charge is 2.22. The van der Waals surface area contributed by atoms with E-state index in [1.807, 2.05) is 12.3 Å². The number of halogens is 2. The average Bonchev–Trinajstić information content (AvgIpc) is 2.76. The first-order chi connectivity index (χ1) is 14.1. The highest BCUT2D eigenvalue weighted by molar-refractivity contribution is 6.30. The van der Waals surface area contributed by atoms with E-state index in [0.717, 1.165) is 57.9 Å². The van der Waals surface area contributed by atoms with Gasteiger partial charge in [0.05, 0.1) is 5.02 Å². The van der Waals surface area contributed by atoms with Crippen LogP contribution in [0, 0.1) is 0 Å². The molecule has 2 aliphatic heterocycles. The zero-order valence-corrected chi connectivity index (χ0v) is 18.2. The molecule has 0 unspecified atom stereocenters. The summed E-state index contributed by atoms with van der Waals surface area (Å²) in [6.45, 7) is 3.80. The average molecular weight is 456 g/mol. The number of carbonyl (C=O) groups is 1. The number of carboxylic acid groups (broad SMARTS) is 1. The molecule has 2 aliphatic rings.